The number of hydrogen-bond acceptors (Lipinski definition) is 3. The minimum atomic E-state index is -0.562. The molecule has 1 heterocycles. The average Bonchev–Trinajstić information content (AvgIpc) is 2.55. The van der Waals surface area contributed by atoms with E-state index < -0.39 is 5.63 Å². The molecule has 2 aromatic carbocycles. The van der Waals surface area contributed by atoms with Gasteiger partial charge >= 0.3 is 5.63 Å². The Balaban J connectivity index is 1.87. The first-order valence-corrected chi connectivity index (χ1v) is 7.79. The summed E-state index contributed by atoms with van der Waals surface area (Å²) in [5.74, 6) is -0.335. The second-order valence-corrected chi connectivity index (χ2v) is 6.77. The van der Waals surface area contributed by atoms with E-state index in [4.69, 9.17) is 4.42 Å². The van der Waals surface area contributed by atoms with Crippen LogP contribution in [0.1, 0.15) is 36.7 Å². The summed E-state index contributed by atoms with van der Waals surface area (Å²) in [6, 6.07) is 16.2. The highest BCUT2D eigenvalue weighted by atomic mass is 16.4. The topological polar surface area (TPSA) is 59.3 Å². The zero-order chi connectivity index (χ0) is 17.3. The molecule has 24 heavy (non-hydrogen) atoms. The van der Waals surface area contributed by atoms with Gasteiger partial charge in [0.25, 0.3) is 5.91 Å². The van der Waals surface area contributed by atoms with Gasteiger partial charge in [-0.15, -0.1) is 0 Å². The van der Waals surface area contributed by atoms with Crippen LogP contribution in [0, 0.1) is 0 Å². The summed E-state index contributed by atoms with van der Waals surface area (Å²) in [7, 11) is 0. The van der Waals surface area contributed by atoms with Gasteiger partial charge in [-0.2, -0.15) is 0 Å². The highest BCUT2D eigenvalue weighted by molar-refractivity contribution is 6.04. The molecular weight excluding hydrogens is 302 g/mol. The second-order valence-electron chi connectivity index (χ2n) is 6.77. The number of carbonyl (C=O) groups excluding carboxylic acids is 1. The van der Waals surface area contributed by atoms with E-state index in [9.17, 15) is 9.59 Å². The monoisotopic (exact) mass is 321 g/mol. The molecule has 0 spiro atoms. The molecule has 0 unspecified atom stereocenters. The van der Waals surface area contributed by atoms with E-state index >= 15 is 0 Å². The fourth-order valence-corrected chi connectivity index (χ4v) is 2.47. The maximum absolute atomic E-state index is 12.4. The lowest BCUT2D eigenvalue weighted by Gasteiger charge is -2.19. The van der Waals surface area contributed by atoms with Crippen LogP contribution in [-0.2, 0) is 5.41 Å². The van der Waals surface area contributed by atoms with E-state index in [1.807, 2.05) is 24.3 Å². The van der Waals surface area contributed by atoms with Crippen LogP contribution in [0.15, 0.2) is 63.8 Å². The van der Waals surface area contributed by atoms with Gasteiger partial charge in [0.15, 0.2) is 0 Å². The standard InChI is InChI=1S/C20H19NO3/c1-20(2,3)15-10-8-13(9-11-15)18(22)21-16-12-14-6-4-5-7-17(14)24-19(16)23/h4-12H,1-3H3,(H,21,22). The maximum atomic E-state index is 12.4. The van der Waals surface area contributed by atoms with Gasteiger partial charge in [-0.3, -0.25) is 4.79 Å². The first-order chi connectivity index (χ1) is 11.3. The van der Waals surface area contributed by atoms with Crippen LogP contribution >= 0.6 is 0 Å². The number of anilines is 1. The second kappa shape index (κ2) is 5.96. The molecule has 1 aromatic heterocycles. The molecule has 0 bridgehead atoms. The first-order valence-electron chi connectivity index (χ1n) is 7.79. The molecule has 0 saturated heterocycles. The summed E-state index contributed by atoms with van der Waals surface area (Å²) in [6.45, 7) is 6.34. The van der Waals surface area contributed by atoms with Crippen LogP contribution in [0.5, 0.6) is 0 Å². The summed E-state index contributed by atoms with van der Waals surface area (Å²) in [5.41, 5.74) is 1.73. The maximum Gasteiger partial charge on any atom is 0.360 e. The van der Waals surface area contributed by atoms with Gasteiger partial charge in [-0.05, 0) is 35.2 Å². The molecular formula is C20H19NO3. The first kappa shape index (κ1) is 16.0. The van der Waals surface area contributed by atoms with Crippen molar-refractivity contribution in [2.24, 2.45) is 0 Å². The predicted molar refractivity (Wildman–Crippen MR) is 95.6 cm³/mol. The summed E-state index contributed by atoms with van der Waals surface area (Å²) in [5, 5.41) is 3.39. The summed E-state index contributed by atoms with van der Waals surface area (Å²) < 4.78 is 5.22. The van der Waals surface area contributed by atoms with E-state index in [0.29, 0.717) is 11.1 Å². The van der Waals surface area contributed by atoms with Crippen molar-refractivity contribution in [3.8, 4) is 0 Å². The Morgan fingerprint density at radius 1 is 1.00 bits per heavy atom. The third kappa shape index (κ3) is 3.23. The molecule has 1 amide bonds. The molecule has 0 atom stereocenters. The molecule has 122 valence electrons. The van der Waals surface area contributed by atoms with Crippen molar-refractivity contribution in [3.63, 3.8) is 0 Å². The van der Waals surface area contributed by atoms with E-state index in [0.717, 1.165) is 10.9 Å². The number of carbonyl (C=O) groups is 1. The van der Waals surface area contributed by atoms with Crippen LogP contribution in [-0.4, -0.2) is 5.91 Å². The molecule has 4 nitrogen and oxygen atoms in total. The molecule has 3 rings (SSSR count). The SMILES string of the molecule is CC(C)(C)c1ccc(C(=O)Nc2cc3ccccc3oc2=O)cc1. The molecule has 0 aliphatic rings. The molecule has 0 radical (unpaired) electrons. The highest BCUT2D eigenvalue weighted by Gasteiger charge is 2.15. The fraction of sp³-hybridized carbons (Fsp3) is 0.200. The molecule has 0 aliphatic heterocycles. The number of benzene rings is 2. The van der Waals surface area contributed by atoms with Gasteiger partial charge in [0.1, 0.15) is 11.3 Å². The molecule has 4 heteroatoms. The average molecular weight is 321 g/mol. The van der Waals surface area contributed by atoms with Crippen molar-refractivity contribution in [3.05, 3.63) is 76.1 Å². The van der Waals surface area contributed by atoms with Crippen LogP contribution in [0.2, 0.25) is 0 Å². The smallest absolute Gasteiger partial charge is 0.360 e. The fourth-order valence-electron chi connectivity index (χ4n) is 2.47. The van der Waals surface area contributed by atoms with E-state index in [-0.39, 0.29) is 17.0 Å². The number of amides is 1. The van der Waals surface area contributed by atoms with Gasteiger partial charge in [-0.25, -0.2) is 4.79 Å². The van der Waals surface area contributed by atoms with Crippen LogP contribution in [0.4, 0.5) is 5.69 Å². The normalized spacial score (nSPS) is 11.5. The molecule has 0 aliphatic carbocycles. The van der Waals surface area contributed by atoms with Gasteiger partial charge in [0, 0.05) is 10.9 Å². The predicted octanol–water partition coefficient (Wildman–Crippen LogP) is 4.34. The largest absolute Gasteiger partial charge is 0.421 e. The van der Waals surface area contributed by atoms with Crippen LogP contribution in [0.25, 0.3) is 11.0 Å². The van der Waals surface area contributed by atoms with Crippen LogP contribution in [0.3, 0.4) is 0 Å². The molecule has 0 saturated carbocycles. The zero-order valence-electron chi connectivity index (χ0n) is 13.9. The van der Waals surface area contributed by atoms with E-state index in [1.54, 1.807) is 30.3 Å². The number of fused-ring (bicyclic) bond motifs is 1. The van der Waals surface area contributed by atoms with Gasteiger partial charge in [0.05, 0.1) is 0 Å². The van der Waals surface area contributed by atoms with Crippen molar-refractivity contribution >= 4 is 22.6 Å². The lowest BCUT2D eigenvalue weighted by molar-refractivity contribution is 0.102. The van der Waals surface area contributed by atoms with Crippen molar-refractivity contribution in [2.45, 2.75) is 26.2 Å². The lowest BCUT2D eigenvalue weighted by Crippen LogP contribution is -2.18. The Kier molecular flexibility index (Phi) is 3.97. The summed E-state index contributed by atoms with van der Waals surface area (Å²) >= 11 is 0. The third-order valence-corrected chi connectivity index (χ3v) is 3.90. The van der Waals surface area contributed by atoms with E-state index in [1.165, 1.54) is 0 Å². The zero-order valence-corrected chi connectivity index (χ0v) is 13.9. The Labute approximate surface area is 140 Å². The van der Waals surface area contributed by atoms with Gasteiger partial charge in [0.2, 0.25) is 0 Å². The Morgan fingerprint density at radius 3 is 2.33 bits per heavy atom. The van der Waals surface area contributed by atoms with Crippen molar-refractivity contribution in [1.82, 2.24) is 0 Å². The lowest BCUT2D eigenvalue weighted by atomic mass is 9.87. The number of hydrogen-bond donors (Lipinski definition) is 1. The van der Waals surface area contributed by atoms with Crippen LogP contribution < -0.4 is 10.9 Å². The highest BCUT2D eigenvalue weighted by Crippen LogP contribution is 2.22. The van der Waals surface area contributed by atoms with Gasteiger partial charge in [-0.1, -0.05) is 51.1 Å². The molecule has 0 fully saturated rings. The Hall–Kier alpha value is -2.88. The van der Waals surface area contributed by atoms with Crippen molar-refractivity contribution < 1.29 is 9.21 Å². The van der Waals surface area contributed by atoms with Gasteiger partial charge < -0.3 is 9.73 Å². The number of para-hydroxylation sites is 1. The minimum Gasteiger partial charge on any atom is -0.421 e. The summed E-state index contributed by atoms with van der Waals surface area (Å²) in [6.07, 6.45) is 0. The Bertz CT molecular complexity index is 947. The molecule has 1 N–H and O–H groups in total. The van der Waals surface area contributed by atoms with Crippen molar-refractivity contribution in [2.75, 3.05) is 5.32 Å². The number of nitrogens with one attached hydrogen (secondary N) is 1. The Morgan fingerprint density at radius 2 is 1.67 bits per heavy atom. The molecule has 3 aromatic rings. The van der Waals surface area contributed by atoms with Crippen molar-refractivity contribution in [1.29, 1.82) is 0 Å². The summed E-state index contributed by atoms with van der Waals surface area (Å²) in [4.78, 5) is 24.4. The van der Waals surface area contributed by atoms with E-state index in [2.05, 4.69) is 26.1 Å². The quantitative estimate of drug-likeness (QED) is 0.714. The third-order valence-electron chi connectivity index (χ3n) is 3.90. The minimum absolute atomic E-state index is 0.0222. The number of rotatable bonds is 2.